The summed E-state index contributed by atoms with van der Waals surface area (Å²) in [5, 5.41) is 0. The smallest absolute Gasteiger partial charge is 0.323 e. The molecule has 1 atom stereocenters. The van der Waals surface area contributed by atoms with Gasteiger partial charge in [0, 0.05) is 13.0 Å². The topological polar surface area (TPSA) is 29.5 Å². The van der Waals surface area contributed by atoms with E-state index in [1.54, 1.807) is 0 Å². The molecule has 1 aliphatic rings. The van der Waals surface area contributed by atoms with Gasteiger partial charge in [0.25, 0.3) is 0 Å². The Morgan fingerprint density at radius 2 is 2.18 bits per heavy atom. The molecule has 17 heavy (non-hydrogen) atoms. The van der Waals surface area contributed by atoms with Crippen molar-refractivity contribution in [2.45, 2.75) is 58.1 Å². The second kappa shape index (κ2) is 6.07. The Hall–Kier alpha value is -1.01. The van der Waals surface area contributed by atoms with E-state index in [0.717, 1.165) is 32.4 Å². The van der Waals surface area contributed by atoms with Gasteiger partial charge in [-0.05, 0) is 40.2 Å². The molecule has 0 N–H and O–H groups in total. The summed E-state index contributed by atoms with van der Waals surface area (Å²) in [5.74, 6) is 2.53. The van der Waals surface area contributed by atoms with Crippen LogP contribution in [0.5, 0.6) is 0 Å². The van der Waals surface area contributed by atoms with E-state index in [9.17, 15) is 4.79 Å². The van der Waals surface area contributed by atoms with Crippen molar-refractivity contribution in [1.29, 1.82) is 0 Å². The van der Waals surface area contributed by atoms with Gasteiger partial charge in [0.15, 0.2) is 0 Å². The van der Waals surface area contributed by atoms with E-state index in [1.807, 2.05) is 20.8 Å². The van der Waals surface area contributed by atoms with Crippen molar-refractivity contribution in [3.8, 4) is 12.3 Å². The zero-order valence-corrected chi connectivity index (χ0v) is 11.2. The molecule has 1 heterocycles. The number of hydrogen-bond donors (Lipinski definition) is 0. The van der Waals surface area contributed by atoms with Gasteiger partial charge in [0.05, 0.1) is 0 Å². The minimum absolute atomic E-state index is 0.101. The maximum Gasteiger partial charge on any atom is 0.323 e. The minimum Gasteiger partial charge on any atom is -0.459 e. The predicted molar refractivity (Wildman–Crippen MR) is 68.5 cm³/mol. The van der Waals surface area contributed by atoms with Crippen LogP contribution in [0.25, 0.3) is 0 Å². The van der Waals surface area contributed by atoms with E-state index < -0.39 is 5.60 Å². The van der Waals surface area contributed by atoms with E-state index >= 15 is 0 Å². The molecule has 0 aromatic rings. The van der Waals surface area contributed by atoms with Crippen molar-refractivity contribution in [3.05, 3.63) is 0 Å². The molecular weight excluding hydrogens is 214 g/mol. The number of nitrogens with zero attached hydrogens (tertiary/aromatic N) is 1. The van der Waals surface area contributed by atoms with E-state index in [4.69, 9.17) is 11.2 Å². The number of likely N-dealkylation sites (tertiary alicyclic amines) is 1. The van der Waals surface area contributed by atoms with Gasteiger partial charge >= 0.3 is 5.97 Å². The Kier molecular flexibility index (Phi) is 5.02. The molecule has 1 aliphatic heterocycles. The van der Waals surface area contributed by atoms with Gasteiger partial charge in [-0.3, -0.25) is 9.69 Å². The number of ether oxygens (including phenoxy) is 1. The molecule has 3 heteroatoms. The van der Waals surface area contributed by atoms with Crippen molar-refractivity contribution in [2.75, 3.05) is 13.1 Å². The molecule has 0 saturated carbocycles. The molecule has 1 fully saturated rings. The number of piperidine rings is 1. The number of carbonyl (C=O) groups is 1. The van der Waals surface area contributed by atoms with E-state index in [0.29, 0.717) is 6.42 Å². The molecule has 0 amide bonds. The van der Waals surface area contributed by atoms with Crippen molar-refractivity contribution in [3.63, 3.8) is 0 Å². The zero-order valence-electron chi connectivity index (χ0n) is 11.2. The van der Waals surface area contributed by atoms with Gasteiger partial charge in [0.2, 0.25) is 0 Å². The molecular formula is C14H23NO2. The zero-order chi connectivity index (χ0) is 12.9. The predicted octanol–water partition coefficient (Wildman–Crippen LogP) is 2.21. The Labute approximate surface area is 105 Å². The average Bonchev–Trinajstić information content (AvgIpc) is 2.24. The fraction of sp³-hybridized carbons (Fsp3) is 0.786. The van der Waals surface area contributed by atoms with Crippen LogP contribution < -0.4 is 0 Å². The first kappa shape index (κ1) is 14.1. The minimum atomic E-state index is -0.410. The lowest BCUT2D eigenvalue weighted by Gasteiger charge is -2.35. The summed E-state index contributed by atoms with van der Waals surface area (Å²) in [6.07, 6.45) is 9.09. The Balaban J connectivity index is 2.58. The van der Waals surface area contributed by atoms with E-state index in [-0.39, 0.29) is 12.0 Å². The Morgan fingerprint density at radius 1 is 1.47 bits per heavy atom. The highest BCUT2D eigenvalue weighted by Gasteiger charge is 2.31. The van der Waals surface area contributed by atoms with Gasteiger partial charge in [-0.25, -0.2) is 0 Å². The van der Waals surface area contributed by atoms with Gasteiger partial charge in [-0.2, -0.15) is 0 Å². The van der Waals surface area contributed by atoms with Crippen molar-refractivity contribution in [2.24, 2.45) is 0 Å². The maximum absolute atomic E-state index is 12.1. The third kappa shape index (κ3) is 4.79. The lowest BCUT2D eigenvalue weighted by Crippen LogP contribution is -2.47. The van der Waals surface area contributed by atoms with Crippen LogP contribution in [0.1, 0.15) is 46.5 Å². The second-order valence-electron chi connectivity index (χ2n) is 5.54. The monoisotopic (exact) mass is 237 g/mol. The van der Waals surface area contributed by atoms with Crippen LogP contribution in [0.15, 0.2) is 0 Å². The molecule has 1 saturated heterocycles. The Bertz CT molecular complexity index is 298. The molecule has 0 radical (unpaired) electrons. The van der Waals surface area contributed by atoms with Crippen LogP contribution >= 0.6 is 0 Å². The number of hydrogen-bond acceptors (Lipinski definition) is 3. The Morgan fingerprint density at radius 3 is 2.76 bits per heavy atom. The summed E-state index contributed by atoms with van der Waals surface area (Å²) in [7, 11) is 0. The van der Waals surface area contributed by atoms with Crippen molar-refractivity contribution >= 4 is 5.97 Å². The maximum atomic E-state index is 12.1. The number of esters is 1. The summed E-state index contributed by atoms with van der Waals surface area (Å²) >= 11 is 0. The number of carbonyl (C=O) groups excluding carboxylic acids is 1. The van der Waals surface area contributed by atoms with Crippen LogP contribution in [-0.2, 0) is 9.53 Å². The summed E-state index contributed by atoms with van der Waals surface area (Å²) in [5.41, 5.74) is -0.410. The highest BCUT2D eigenvalue weighted by Crippen LogP contribution is 2.20. The van der Waals surface area contributed by atoms with Gasteiger partial charge in [-0.1, -0.05) is 6.42 Å². The van der Waals surface area contributed by atoms with Gasteiger partial charge in [-0.15, -0.1) is 12.3 Å². The fourth-order valence-electron chi connectivity index (χ4n) is 2.10. The lowest BCUT2D eigenvalue weighted by molar-refractivity contribution is -0.162. The first-order valence-corrected chi connectivity index (χ1v) is 6.34. The normalized spacial score (nSPS) is 21.9. The number of rotatable bonds is 3. The molecule has 0 bridgehead atoms. The quantitative estimate of drug-likeness (QED) is 0.557. The van der Waals surface area contributed by atoms with Gasteiger partial charge < -0.3 is 4.74 Å². The summed E-state index contributed by atoms with van der Waals surface area (Å²) < 4.78 is 5.46. The van der Waals surface area contributed by atoms with Crippen molar-refractivity contribution < 1.29 is 9.53 Å². The number of terminal acetylenes is 1. The third-order valence-electron chi connectivity index (χ3n) is 2.84. The molecule has 0 spiro atoms. The SMILES string of the molecule is C#CCCN1CCCCC1C(=O)OC(C)(C)C. The van der Waals surface area contributed by atoms with E-state index in [2.05, 4.69) is 10.8 Å². The molecule has 3 nitrogen and oxygen atoms in total. The molecule has 1 rings (SSSR count). The first-order chi connectivity index (χ1) is 7.94. The summed E-state index contributed by atoms with van der Waals surface area (Å²) in [6.45, 7) is 7.45. The van der Waals surface area contributed by atoms with Crippen LogP contribution in [-0.4, -0.2) is 35.6 Å². The van der Waals surface area contributed by atoms with Crippen LogP contribution in [0.2, 0.25) is 0 Å². The lowest BCUT2D eigenvalue weighted by atomic mass is 10.0. The van der Waals surface area contributed by atoms with Gasteiger partial charge in [0.1, 0.15) is 11.6 Å². The largest absolute Gasteiger partial charge is 0.459 e. The fourth-order valence-corrected chi connectivity index (χ4v) is 2.10. The second-order valence-corrected chi connectivity index (χ2v) is 5.54. The highest BCUT2D eigenvalue weighted by atomic mass is 16.6. The van der Waals surface area contributed by atoms with E-state index in [1.165, 1.54) is 0 Å². The molecule has 0 aliphatic carbocycles. The van der Waals surface area contributed by atoms with Crippen LogP contribution in [0, 0.1) is 12.3 Å². The molecule has 0 aromatic carbocycles. The first-order valence-electron chi connectivity index (χ1n) is 6.34. The standard InChI is InChI=1S/C14H23NO2/c1-5-6-10-15-11-8-7-9-12(15)13(16)17-14(2,3)4/h1,12H,6-11H2,2-4H3. The highest BCUT2D eigenvalue weighted by molar-refractivity contribution is 5.76. The summed E-state index contributed by atoms with van der Waals surface area (Å²) in [4.78, 5) is 14.2. The average molecular weight is 237 g/mol. The van der Waals surface area contributed by atoms with Crippen LogP contribution in [0.3, 0.4) is 0 Å². The molecule has 0 aromatic heterocycles. The van der Waals surface area contributed by atoms with Crippen molar-refractivity contribution in [1.82, 2.24) is 4.90 Å². The third-order valence-corrected chi connectivity index (χ3v) is 2.84. The summed E-state index contributed by atoms with van der Waals surface area (Å²) in [6, 6.07) is -0.101. The molecule has 96 valence electrons. The van der Waals surface area contributed by atoms with Crippen LogP contribution in [0.4, 0.5) is 0 Å². The molecule has 1 unspecified atom stereocenters.